The molecule has 77 heavy (non-hydrogen) atoms. The average molecular weight is 1130 g/mol. The highest BCUT2D eigenvalue weighted by Crippen LogP contribution is 2.20. The SMILES string of the molecule is CCCCCCCCCCC(O)CN(CCCCSC(=O)CC1CNC(CC(=O)SCCCCN(CC(O)CCCCCCCCCC)CC(O)CCCCCCCCCC)C(=O)N1)CC(O)CCCCCCCCCC. The predicted octanol–water partition coefficient (Wildman–Crippen LogP) is 14.5. The van der Waals surface area contributed by atoms with Crippen molar-refractivity contribution < 1.29 is 34.8 Å². The van der Waals surface area contributed by atoms with Gasteiger partial charge >= 0.3 is 0 Å². The van der Waals surface area contributed by atoms with E-state index in [9.17, 15) is 34.8 Å². The van der Waals surface area contributed by atoms with Gasteiger partial charge in [0.1, 0.15) is 0 Å². The summed E-state index contributed by atoms with van der Waals surface area (Å²) in [5.41, 5.74) is 0. The van der Waals surface area contributed by atoms with Crippen LogP contribution in [0.5, 0.6) is 0 Å². The van der Waals surface area contributed by atoms with E-state index in [2.05, 4.69) is 48.1 Å². The van der Waals surface area contributed by atoms with Gasteiger partial charge in [0, 0.05) is 63.1 Å². The molecule has 1 fully saturated rings. The molecule has 1 aliphatic rings. The second-order valence-corrected chi connectivity index (χ2v) is 25.9. The quantitative estimate of drug-likeness (QED) is 0.0320. The van der Waals surface area contributed by atoms with Crippen molar-refractivity contribution in [2.24, 2.45) is 0 Å². The summed E-state index contributed by atoms with van der Waals surface area (Å²) in [6.45, 7) is 13.3. The lowest BCUT2D eigenvalue weighted by Gasteiger charge is -2.29. The normalized spacial score (nSPS) is 16.6. The van der Waals surface area contributed by atoms with Crippen molar-refractivity contribution in [1.82, 2.24) is 20.4 Å². The van der Waals surface area contributed by atoms with E-state index in [1.807, 2.05) is 0 Å². The number of thioether (sulfide) groups is 2. The van der Waals surface area contributed by atoms with Crippen LogP contribution in [0, 0.1) is 0 Å². The molecule has 0 spiro atoms. The molecule has 1 rings (SSSR count). The second-order valence-electron chi connectivity index (χ2n) is 23.6. The van der Waals surface area contributed by atoms with Crippen molar-refractivity contribution in [3.8, 4) is 0 Å². The van der Waals surface area contributed by atoms with E-state index < -0.39 is 30.5 Å². The van der Waals surface area contributed by atoms with Gasteiger partial charge in [-0.05, 0) is 64.5 Å². The first-order valence-corrected chi connectivity index (χ1v) is 35.0. The topological polar surface area (TPSA) is 163 Å². The molecule has 1 aliphatic heterocycles. The fraction of sp³-hybridized carbons (Fsp3) is 0.953. The van der Waals surface area contributed by atoms with Crippen molar-refractivity contribution in [2.75, 3.05) is 57.3 Å². The highest BCUT2D eigenvalue weighted by molar-refractivity contribution is 8.13. The fourth-order valence-electron chi connectivity index (χ4n) is 10.9. The van der Waals surface area contributed by atoms with Gasteiger partial charge in [-0.3, -0.25) is 24.2 Å². The van der Waals surface area contributed by atoms with E-state index >= 15 is 0 Å². The zero-order valence-corrected chi connectivity index (χ0v) is 52.4. The molecular formula is C64H126N4O7S2. The molecule has 1 saturated heterocycles. The Morgan fingerprint density at radius 2 is 0.714 bits per heavy atom. The number of carbonyl (C=O) groups excluding carboxylic acids is 3. The lowest BCUT2D eigenvalue weighted by Crippen LogP contribution is -2.59. The monoisotopic (exact) mass is 1130 g/mol. The smallest absolute Gasteiger partial charge is 0.237 e. The molecule has 456 valence electrons. The fourth-order valence-corrected chi connectivity index (χ4v) is 12.6. The third kappa shape index (κ3) is 47.4. The molecular weight excluding hydrogens is 1000 g/mol. The zero-order chi connectivity index (χ0) is 56.2. The number of hydrogen-bond acceptors (Lipinski definition) is 12. The lowest BCUT2D eigenvalue weighted by atomic mass is 10.0. The average Bonchev–Trinajstić information content (AvgIpc) is 3.40. The molecule has 13 heteroatoms. The number of hydrogen-bond donors (Lipinski definition) is 6. The molecule has 6 unspecified atom stereocenters. The first-order valence-electron chi connectivity index (χ1n) is 33.0. The molecule has 6 atom stereocenters. The van der Waals surface area contributed by atoms with Gasteiger partial charge in [-0.2, -0.15) is 0 Å². The first-order chi connectivity index (χ1) is 37.5. The number of rotatable bonds is 58. The van der Waals surface area contributed by atoms with Crippen LogP contribution in [-0.4, -0.2) is 140 Å². The van der Waals surface area contributed by atoms with E-state index in [0.29, 0.717) is 44.2 Å². The zero-order valence-electron chi connectivity index (χ0n) is 50.8. The molecule has 0 radical (unpaired) electrons. The summed E-state index contributed by atoms with van der Waals surface area (Å²) in [6, 6.07) is -0.905. The predicted molar refractivity (Wildman–Crippen MR) is 332 cm³/mol. The van der Waals surface area contributed by atoms with Crippen molar-refractivity contribution in [1.29, 1.82) is 0 Å². The minimum absolute atomic E-state index is 0.0178. The Morgan fingerprint density at radius 1 is 0.429 bits per heavy atom. The highest BCUT2D eigenvalue weighted by Gasteiger charge is 2.30. The summed E-state index contributed by atoms with van der Waals surface area (Å²) >= 11 is 2.60. The molecule has 6 N–H and O–H groups in total. The van der Waals surface area contributed by atoms with Crippen LogP contribution in [0.4, 0.5) is 0 Å². The van der Waals surface area contributed by atoms with Crippen LogP contribution >= 0.6 is 23.5 Å². The maximum absolute atomic E-state index is 13.1. The first kappa shape index (κ1) is 74.2. The lowest BCUT2D eigenvalue weighted by molar-refractivity contribution is -0.127. The molecule has 0 aliphatic carbocycles. The Morgan fingerprint density at radius 3 is 1.01 bits per heavy atom. The summed E-state index contributed by atoms with van der Waals surface area (Å²) in [5.74, 6) is 1.13. The molecule has 11 nitrogen and oxygen atoms in total. The van der Waals surface area contributed by atoms with Gasteiger partial charge in [0.05, 0.1) is 30.5 Å². The van der Waals surface area contributed by atoms with Crippen molar-refractivity contribution in [2.45, 2.75) is 334 Å². The van der Waals surface area contributed by atoms with E-state index in [0.717, 1.165) is 116 Å². The minimum Gasteiger partial charge on any atom is -0.392 e. The standard InChI is InChI=1S/C64H126N4O7S2/c1-5-9-13-17-21-25-29-33-41-57(69)52-67(53-58(70)42-34-30-26-22-18-14-10-6-2)45-37-39-47-76-62(73)49-56-51-65-61(64(75)66-56)50-63(74)77-48-40-38-46-68(54-59(71)43-35-31-27-23-19-15-11-7-3)55-60(72)44-36-32-28-24-20-16-12-8-4/h56-61,65,69-72H,5-55H2,1-4H3,(H,66,75). The Hall–Kier alpha value is -0.770. The largest absolute Gasteiger partial charge is 0.392 e. The van der Waals surface area contributed by atoms with E-state index in [1.54, 1.807) is 0 Å². The van der Waals surface area contributed by atoms with Crippen LogP contribution in [-0.2, 0) is 14.4 Å². The van der Waals surface area contributed by atoms with Gasteiger partial charge in [-0.1, -0.05) is 257 Å². The van der Waals surface area contributed by atoms with Gasteiger partial charge in [0.15, 0.2) is 10.2 Å². The molecule has 0 aromatic carbocycles. The van der Waals surface area contributed by atoms with E-state index in [4.69, 9.17) is 0 Å². The van der Waals surface area contributed by atoms with Gasteiger partial charge in [0.2, 0.25) is 5.91 Å². The molecule has 0 saturated carbocycles. The Labute approximate surface area is 483 Å². The maximum atomic E-state index is 13.1. The van der Waals surface area contributed by atoms with Gasteiger partial charge in [-0.25, -0.2) is 0 Å². The minimum atomic E-state index is -0.602. The summed E-state index contributed by atoms with van der Waals surface area (Å²) < 4.78 is 0. The van der Waals surface area contributed by atoms with Crippen LogP contribution in [0.2, 0.25) is 0 Å². The third-order valence-electron chi connectivity index (χ3n) is 15.8. The summed E-state index contributed by atoms with van der Waals surface area (Å²) in [4.78, 5) is 43.6. The second kappa shape index (κ2) is 54.5. The number of carbonyl (C=O) groups is 3. The molecule has 1 heterocycles. The Bertz CT molecular complexity index is 1280. The number of unbranched alkanes of at least 4 members (excludes halogenated alkanes) is 30. The van der Waals surface area contributed by atoms with Crippen molar-refractivity contribution >= 4 is 39.7 Å². The Balaban J connectivity index is 2.46. The molecule has 1 amide bonds. The van der Waals surface area contributed by atoms with Gasteiger partial charge in [0.25, 0.3) is 0 Å². The number of nitrogens with zero attached hydrogens (tertiary/aromatic N) is 2. The molecule has 0 bridgehead atoms. The van der Waals surface area contributed by atoms with Crippen LogP contribution < -0.4 is 10.6 Å². The third-order valence-corrected chi connectivity index (χ3v) is 17.7. The van der Waals surface area contributed by atoms with Gasteiger partial charge in [-0.15, -0.1) is 0 Å². The van der Waals surface area contributed by atoms with Crippen molar-refractivity contribution in [3.05, 3.63) is 0 Å². The number of amides is 1. The number of aliphatic hydroxyl groups excluding tert-OH is 4. The van der Waals surface area contributed by atoms with Crippen LogP contribution in [0.1, 0.15) is 297 Å². The van der Waals surface area contributed by atoms with Crippen LogP contribution in [0.3, 0.4) is 0 Å². The Kier molecular flexibility index (Phi) is 52.5. The number of nitrogens with one attached hydrogen (secondary N) is 2. The number of piperazine rings is 1. The van der Waals surface area contributed by atoms with Gasteiger partial charge < -0.3 is 31.1 Å². The van der Waals surface area contributed by atoms with Crippen LogP contribution in [0.25, 0.3) is 0 Å². The highest BCUT2D eigenvalue weighted by atomic mass is 32.2. The summed E-state index contributed by atoms with van der Waals surface area (Å²) in [7, 11) is 0. The number of aliphatic hydroxyl groups is 4. The molecule has 0 aromatic rings. The summed E-state index contributed by atoms with van der Waals surface area (Å²) in [6.07, 6.45) is 45.1. The summed E-state index contributed by atoms with van der Waals surface area (Å²) in [5, 5.41) is 50.3. The van der Waals surface area contributed by atoms with E-state index in [1.165, 1.54) is 178 Å². The van der Waals surface area contributed by atoms with E-state index in [-0.39, 0.29) is 35.0 Å². The maximum Gasteiger partial charge on any atom is 0.237 e. The van der Waals surface area contributed by atoms with Crippen LogP contribution in [0.15, 0.2) is 0 Å². The molecule has 0 aromatic heterocycles. The van der Waals surface area contributed by atoms with Crippen molar-refractivity contribution in [3.63, 3.8) is 0 Å².